The fraction of sp³-hybridized carbons (Fsp3) is 1.00. The Bertz CT molecular complexity index is 209. The molecule has 96 valence electrons. The second kappa shape index (κ2) is 6.13. The van der Waals surface area contributed by atoms with Gasteiger partial charge in [-0.2, -0.15) is 8.78 Å². The Morgan fingerprint density at radius 2 is 1.75 bits per heavy atom. The highest BCUT2D eigenvalue weighted by molar-refractivity contribution is 9.09. The van der Waals surface area contributed by atoms with Crippen molar-refractivity contribution in [3.63, 3.8) is 0 Å². The van der Waals surface area contributed by atoms with Gasteiger partial charge in [-0.1, -0.05) is 15.9 Å². The third-order valence-corrected chi connectivity index (χ3v) is 2.41. The van der Waals surface area contributed by atoms with E-state index >= 15 is 0 Å². The van der Waals surface area contributed by atoms with E-state index in [0.717, 1.165) is 11.9 Å². The zero-order valence-electron chi connectivity index (χ0n) is 8.18. The van der Waals surface area contributed by atoms with Crippen LogP contribution >= 0.6 is 15.9 Å². The molecule has 0 amide bonds. The van der Waals surface area contributed by atoms with Crippen LogP contribution in [0.15, 0.2) is 0 Å². The van der Waals surface area contributed by atoms with Gasteiger partial charge < -0.3 is 14.2 Å². The van der Waals surface area contributed by atoms with E-state index < -0.39 is 25.2 Å². The average Bonchev–Trinajstić information content (AvgIpc) is 3.08. The standard InChI is InChI=1S/C5H6F4O2.C3H5BrO/c6-4(7)5(8,9)11-2-3-1-10-3;4-1-3-2-5-3/h3-4H,1-2H2;3H,1-2H2. The third-order valence-electron chi connectivity index (χ3n) is 1.69. The van der Waals surface area contributed by atoms with Crippen LogP contribution in [-0.4, -0.2) is 49.9 Å². The fourth-order valence-corrected chi connectivity index (χ4v) is 0.962. The maximum Gasteiger partial charge on any atom is 0.416 e. The van der Waals surface area contributed by atoms with Gasteiger partial charge in [-0.25, -0.2) is 8.78 Å². The summed E-state index contributed by atoms with van der Waals surface area (Å²) in [6, 6.07) is 0. The summed E-state index contributed by atoms with van der Waals surface area (Å²) in [6.07, 6.45) is -8.00. The third kappa shape index (κ3) is 5.97. The van der Waals surface area contributed by atoms with Crippen LogP contribution < -0.4 is 0 Å². The van der Waals surface area contributed by atoms with E-state index in [4.69, 9.17) is 4.74 Å². The molecule has 2 aliphatic heterocycles. The zero-order chi connectivity index (χ0) is 12.2. The molecule has 0 spiro atoms. The van der Waals surface area contributed by atoms with Crippen LogP contribution in [0.25, 0.3) is 0 Å². The lowest BCUT2D eigenvalue weighted by Gasteiger charge is -2.14. The first-order valence-corrected chi connectivity index (χ1v) is 5.67. The molecular weight excluding hydrogens is 300 g/mol. The van der Waals surface area contributed by atoms with Gasteiger partial charge in [0.05, 0.1) is 25.9 Å². The normalized spacial score (nSPS) is 27.4. The van der Waals surface area contributed by atoms with Crippen molar-refractivity contribution in [2.75, 3.05) is 25.2 Å². The summed E-state index contributed by atoms with van der Waals surface area (Å²) in [4.78, 5) is 0. The number of ether oxygens (including phenoxy) is 3. The maximum absolute atomic E-state index is 11.9. The highest BCUT2D eigenvalue weighted by atomic mass is 79.9. The Morgan fingerprint density at radius 3 is 2.00 bits per heavy atom. The predicted octanol–water partition coefficient (Wildman–Crippen LogP) is 2.04. The van der Waals surface area contributed by atoms with Gasteiger partial charge in [-0.3, -0.25) is 0 Å². The lowest BCUT2D eigenvalue weighted by Crippen LogP contribution is -2.31. The summed E-state index contributed by atoms with van der Waals surface area (Å²) in [5.41, 5.74) is 0. The lowest BCUT2D eigenvalue weighted by atomic mass is 10.5. The Hall–Kier alpha value is 0.0800. The van der Waals surface area contributed by atoms with Crippen LogP contribution in [0.3, 0.4) is 0 Å². The first-order chi connectivity index (χ1) is 7.45. The van der Waals surface area contributed by atoms with Crippen LogP contribution in [0.4, 0.5) is 17.6 Å². The van der Waals surface area contributed by atoms with Crippen molar-refractivity contribution >= 4 is 15.9 Å². The van der Waals surface area contributed by atoms with Crippen molar-refractivity contribution in [2.24, 2.45) is 0 Å². The van der Waals surface area contributed by atoms with Crippen molar-refractivity contribution in [1.29, 1.82) is 0 Å². The summed E-state index contributed by atoms with van der Waals surface area (Å²) in [7, 11) is 0. The van der Waals surface area contributed by atoms with E-state index in [0.29, 0.717) is 12.7 Å². The van der Waals surface area contributed by atoms with Gasteiger partial charge in [0, 0.05) is 5.33 Å². The number of rotatable bonds is 5. The number of hydrogen-bond acceptors (Lipinski definition) is 3. The molecule has 0 radical (unpaired) electrons. The molecule has 0 aromatic carbocycles. The summed E-state index contributed by atoms with van der Waals surface area (Å²) < 4.78 is 59.4. The molecule has 2 heterocycles. The van der Waals surface area contributed by atoms with Crippen molar-refractivity contribution in [2.45, 2.75) is 24.7 Å². The topological polar surface area (TPSA) is 34.3 Å². The number of halogens is 5. The van der Waals surface area contributed by atoms with Crippen LogP contribution in [0.1, 0.15) is 0 Å². The fourth-order valence-electron chi connectivity index (χ4n) is 0.588. The second-order valence-electron chi connectivity index (χ2n) is 3.24. The minimum Gasteiger partial charge on any atom is -0.372 e. The van der Waals surface area contributed by atoms with Crippen LogP contribution in [-0.2, 0) is 14.2 Å². The molecule has 2 aliphatic rings. The van der Waals surface area contributed by atoms with E-state index in [1.165, 1.54) is 0 Å². The van der Waals surface area contributed by atoms with Crippen LogP contribution in [0.5, 0.6) is 0 Å². The molecule has 8 heteroatoms. The average molecular weight is 311 g/mol. The monoisotopic (exact) mass is 310 g/mol. The number of epoxide rings is 2. The molecule has 2 unspecified atom stereocenters. The molecule has 0 aromatic heterocycles. The SMILES string of the molecule is BrCC1CO1.FC(F)C(F)(F)OCC1CO1. The predicted molar refractivity (Wildman–Crippen MR) is 50.2 cm³/mol. The van der Waals surface area contributed by atoms with E-state index in [1.54, 1.807) is 0 Å². The molecule has 2 fully saturated rings. The van der Waals surface area contributed by atoms with Gasteiger partial charge in [-0.15, -0.1) is 0 Å². The molecule has 2 rings (SSSR count). The Labute approximate surface area is 98.2 Å². The van der Waals surface area contributed by atoms with Gasteiger partial charge in [0.1, 0.15) is 6.10 Å². The highest BCUT2D eigenvalue weighted by Gasteiger charge is 2.43. The van der Waals surface area contributed by atoms with Crippen LogP contribution in [0, 0.1) is 0 Å². The van der Waals surface area contributed by atoms with Crippen LogP contribution in [0.2, 0.25) is 0 Å². The molecule has 2 atom stereocenters. The molecule has 2 saturated heterocycles. The Balaban J connectivity index is 0.000000212. The lowest BCUT2D eigenvalue weighted by molar-refractivity contribution is -0.301. The number of hydrogen-bond donors (Lipinski definition) is 0. The van der Waals surface area contributed by atoms with Gasteiger partial charge >= 0.3 is 12.5 Å². The molecule has 3 nitrogen and oxygen atoms in total. The quantitative estimate of drug-likeness (QED) is 0.443. The van der Waals surface area contributed by atoms with E-state index in [-0.39, 0.29) is 0 Å². The van der Waals surface area contributed by atoms with E-state index in [9.17, 15) is 17.6 Å². The maximum atomic E-state index is 11.9. The number of alkyl halides is 5. The molecule has 0 aromatic rings. The van der Waals surface area contributed by atoms with Crippen molar-refractivity contribution in [3.05, 3.63) is 0 Å². The van der Waals surface area contributed by atoms with Gasteiger partial charge in [-0.05, 0) is 0 Å². The first kappa shape index (κ1) is 14.1. The second-order valence-corrected chi connectivity index (χ2v) is 3.89. The molecule has 16 heavy (non-hydrogen) atoms. The van der Waals surface area contributed by atoms with Gasteiger partial charge in [0.2, 0.25) is 0 Å². The molecular formula is C8H11BrF4O3. The van der Waals surface area contributed by atoms with Crippen molar-refractivity contribution < 1.29 is 31.8 Å². The summed E-state index contributed by atoms with van der Waals surface area (Å²) in [6.45, 7) is 0.794. The minimum atomic E-state index is -4.34. The smallest absolute Gasteiger partial charge is 0.372 e. The molecule has 0 N–H and O–H groups in total. The van der Waals surface area contributed by atoms with Crippen molar-refractivity contribution in [3.8, 4) is 0 Å². The summed E-state index contributed by atoms with van der Waals surface area (Å²) >= 11 is 3.25. The summed E-state index contributed by atoms with van der Waals surface area (Å²) in [5.74, 6) is 0. The largest absolute Gasteiger partial charge is 0.416 e. The first-order valence-electron chi connectivity index (χ1n) is 4.54. The minimum absolute atomic E-state index is 0.305. The van der Waals surface area contributed by atoms with E-state index in [2.05, 4.69) is 25.4 Å². The Morgan fingerprint density at radius 1 is 1.25 bits per heavy atom. The van der Waals surface area contributed by atoms with Crippen molar-refractivity contribution in [1.82, 2.24) is 0 Å². The zero-order valence-corrected chi connectivity index (χ0v) is 9.76. The van der Waals surface area contributed by atoms with E-state index in [1.807, 2.05) is 0 Å². The van der Waals surface area contributed by atoms with Gasteiger partial charge in [0.25, 0.3) is 0 Å². The summed E-state index contributed by atoms with van der Waals surface area (Å²) in [5, 5.41) is 1.01. The highest BCUT2D eigenvalue weighted by Crippen LogP contribution is 2.25. The Kier molecular flexibility index (Phi) is 5.42. The van der Waals surface area contributed by atoms with Gasteiger partial charge in [0.15, 0.2) is 0 Å². The molecule has 0 aliphatic carbocycles. The molecule has 0 bridgehead atoms. The molecule has 0 saturated carbocycles.